The van der Waals surface area contributed by atoms with E-state index in [4.69, 9.17) is 11.5 Å². The van der Waals surface area contributed by atoms with Crippen molar-refractivity contribution in [3.8, 4) is 0 Å². The van der Waals surface area contributed by atoms with Gasteiger partial charge in [0.2, 0.25) is 5.91 Å². The zero-order valence-electron chi connectivity index (χ0n) is 8.25. The number of primary amides is 1. The Morgan fingerprint density at radius 2 is 2.31 bits per heavy atom. The van der Waals surface area contributed by atoms with Gasteiger partial charge < -0.3 is 16.5 Å². The van der Waals surface area contributed by atoms with E-state index in [1.54, 1.807) is 0 Å². The van der Waals surface area contributed by atoms with Crippen LogP contribution in [0.15, 0.2) is 17.7 Å². The Kier molecular flexibility index (Phi) is 3.02. The van der Waals surface area contributed by atoms with E-state index in [2.05, 4.69) is 19.9 Å². The van der Waals surface area contributed by atoms with Gasteiger partial charge in [0, 0.05) is 5.75 Å². The Morgan fingerprint density at radius 3 is 3.06 bits per heavy atom. The van der Waals surface area contributed by atoms with Crippen molar-refractivity contribution in [2.45, 2.75) is 11.1 Å². The maximum atomic E-state index is 10.8. The van der Waals surface area contributed by atoms with Crippen LogP contribution in [0.3, 0.4) is 0 Å². The minimum Gasteiger partial charge on any atom is -0.368 e. The van der Waals surface area contributed by atoms with Gasteiger partial charge in [-0.2, -0.15) is 0 Å². The van der Waals surface area contributed by atoms with Crippen molar-refractivity contribution in [1.29, 1.82) is 0 Å². The molecule has 0 aliphatic heterocycles. The third-order valence-corrected chi connectivity index (χ3v) is 3.06. The average molecular weight is 238 g/mol. The Hall–Kier alpha value is -1.67. The van der Waals surface area contributed by atoms with Crippen molar-refractivity contribution in [2.24, 2.45) is 11.5 Å². The van der Waals surface area contributed by atoms with E-state index in [9.17, 15) is 4.79 Å². The van der Waals surface area contributed by atoms with Gasteiger partial charge in [-0.1, -0.05) is 0 Å². The average Bonchev–Trinajstić information content (AvgIpc) is 2.73. The number of H-pyrrole nitrogens is 1. The number of amides is 1. The lowest BCUT2D eigenvalue weighted by molar-refractivity contribution is -0.118. The zero-order chi connectivity index (χ0) is 11.5. The highest BCUT2D eigenvalue weighted by Gasteiger charge is 2.12. The SMILES string of the molecule is NC(=O)C(N)CSc1ncnc2nc[nH]c12. The van der Waals surface area contributed by atoms with Crippen LogP contribution in [0, 0.1) is 0 Å². The van der Waals surface area contributed by atoms with Crippen LogP contribution in [-0.4, -0.2) is 37.6 Å². The minimum atomic E-state index is -0.682. The Bertz CT molecular complexity index is 512. The summed E-state index contributed by atoms with van der Waals surface area (Å²) in [5, 5.41) is 0.708. The molecule has 8 heteroatoms. The number of nitrogens with one attached hydrogen (secondary N) is 1. The third-order valence-electron chi connectivity index (χ3n) is 1.95. The number of nitrogens with two attached hydrogens (primary N) is 2. The number of aromatic nitrogens is 4. The lowest BCUT2D eigenvalue weighted by Gasteiger charge is -2.06. The van der Waals surface area contributed by atoms with Gasteiger partial charge in [0.25, 0.3) is 0 Å². The molecule has 2 rings (SSSR count). The highest BCUT2D eigenvalue weighted by Crippen LogP contribution is 2.21. The number of nitrogens with zero attached hydrogens (tertiary/aromatic N) is 3. The first kappa shape index (κ1) is 10.8. The van der Waals surface area contributed by atoms with Crippen LogP contribution in [0.1, 0.15) is 0 Å². The van der Waals surface area contributed by atoms with Crippen molar-refractivity contribution in [1.82, 2.24) is 19.9 Å². The molecule has 1 unspecified atom stereocenters. The molecule has 0 aromatic carbocycles. The van der Waals surface area contributed by atoms with Crippen molar-refractivity contribution in [2.75, 3.05) is 5.75 Å². The van der Waals surface area contributed by atoms with Crippen molar-refractivity contribution < 1.29 is 4.79 Å². The van der Waals surface area contributed by atoms with Gasteiger partial charge in [-0.25, -0.2) is 15.0 Å². The summed E-state index contributed by atoms with van der Waals surface area (Å²) in [6.45, 7) is 0. The maximum Gasteiger partial charge on any atom is 0.235 e. The van der Waals surface area contributed by atoms with Crippen LogP contribution in [0.25, 0.3) is 11.2 Å². The molecule has 0 fully saturated rings. The van der Waals surface area contributed by atoms with Crippen LogP contribution < -0.4 is 11.5 Å². The number of thioether (sulfide) groups is 1. The van der Waals surface area contributed by atoms with E-state index in [-0.39, 0.29) is 0 Å². The molecular formula is C8H10N6OS. The van der Waals surface area contributed by atoms with Gasteiger partial charge in [-0.15, -0.1) is 11.8 Å². The molecule has 0 saturated heterocycles. The molecule has 7 nitrogen and oxygen atoms in total. The van der Waals surface area contributed by atoms with Crippen LogP contribution in [0.5, 0.6) is 0 Å². The fraction of sp³-hybridized carbons (Fsp3) is 0.250. The van der Waals surface area contributed by atoms with Crippen LogP contribution >= 0.6 is 11.8 Å². The minimum absolute atomic E-state index is 0.375. The quantitative estimate of drug-likeness (QED) is 0.476. The summed E-state index contributed by atoms with van der Waals surface area (Å²) in [4.78, 5) is 25.7. The molecule has 16 heavy (non-hydrogen) atoms. The second kappa shape index (κ2) is 4.45. The summed E-state index contributed by atoms with van der Waals surface area (Å²) in [6.07, 6.45) is 2.96. The van der Waals surface area contributed by atoms with Crippen molar-refractivity contribution in [3.63, 3.8) is 0 Å². The normalized spacial score (nSPS) is 12.8. The fourth-order valence-corrected chi connectivity index (χ4v) is 2.02. The summed E-state index contributed by atoms with van der Waals surface area (Å²) >= 11 is 1.34. The molecule has 0 spiro atoms. The van der Waals surface area contributed by atoms with E-state index in [0.717, 1.165) is 5.52 Å². The van der Waals surface area contributed by atoms with Gasteiger partial charge >= 0.3 is 0 Å². The second-order valence-corrected chi connectivity index (χ2v) is 4.11. The maximum absolute atomic E-state index is 10.8. The number of aromatic amines is 1. The van der Waals surface area contributed by atoms with E-state index < -0.39 is 11.9 Å². The molecule has 0 radical (unpaired) electrons. The van der Waals surface area contributed by atoms with Crippen LogP contribution in [0.2, 0.25) is 0 Å². The van der Waals surface area contributed by atoms with Gasteiger partial charge in [0.05, 0.1) is 12.4 Å². The van der Waals surface area contributed by atoms with E-state index in [0.29, 0.717) is 16.4 Å². The van der Waals surface area contributed by atoms with Gasteiger partial charge in [-0.05, 0) is 0 Å². The number of hydrogen-bond acceptors (Lipinski definition) is 6. The third kappa shape index (κ3) is 2.12. The highest BCUT2D eigenvalue weighted by atomic mass is 32.2. The van der Waals surface area contributed by atoms with Gasteiger partial charge in [-0.3, -0.25) is 4.79 Å². The Labute approximate surface area is 95.0 Å². The first-order valence-corrected chi connectivity index (χ1v) is 5.49. The van der Waals surface area contributed by atoms with Crippen molar-refractivity contribution in [3.05, 3.63) is 12.7 Å². The molecular weight excluding hydrogens is 228 g/mol. The number of imidazole rings is 1. The zero-order valence-corrected chi connectivity index (χ0v) is 9.07. The monoisotopic (exact) mass is 238 g/mol. The Morgan fingerprint density at radius 1 is 1.50 bits per heavy atom. The molecule has 0 saturated carbocycles. The lowest BCUT2D eigenvalue weighted by Crippen LogP contribution is -2.38. The summed E-state index contributed by atoms with van der Waals surface area (Å²) in [6, 6.07) is -0.682. The molecule has 2 heterocycles. The van der Waals surface area contributed by atoms with E-state index in [1.165, 1.54) is 24.4 Å². The predicted octanol–water partition coefficient (Wildman–Crippen LogP) is -0.742. The molecule has 84 valence electrons. The second-order valence-electron chi connectivity index (χ2n) is 3.10. The fourth-order valence-electron chi connectivity index (χ4n) is 1.10. The molecule has 0 bridgehead atoms. The largest absolute Gasteiger partial charge is 0.368 e. The smallest absolute Gasteiger partial charge is 0.235 e. The molecule has 5 N–H and O–H groups in total. The molecule has 0 aliphatic carbocycles. The number of carbonyl (C=O) groups is 1. The first-order valence-electron chi connectivity index (χ1n) is 4.50. The molecule has 1 amide bonds. The highest BCUT2D eigenvalue weighted by molar-refractivity contribution is 7.99. The molecule has 1 atom stereocenters. The van der Waals surface area contributed by atoms with Crippen molar-refractivity contribution >= 4 is 28.8 Å². The Balaban J connectivity index is 2.15. The van der Waals surface area contributed by atoms with Crippen LogP contribution in [-0.2, 0) is 4.79 Å². The number of hydrogen-bond donors (Lipinski definition) is 3. The topological polar surface area (TPSA) is 124 Å². The molecule has 2 aromatic rings. The van der Waals surface area contributed by atoms with E-state index in [1.807, 2.05) is 0 Å². The van der Waals surface area contributed by atoms with Gasteiger partial charge in [0.1, 0.15) is 16.9 Å². The number of carbonyl (C=O) groups excluding carboxylic acids is 1. The standard InChI is InChI=1S/C8H10N6OS/c9-4(6(10)15)1-16-8-5-7(12-2-11-5)13-3-14-8/h2-4H,1,9H2,(H2,10,15)(H,11,12,13,14). The summed E-state index contributed by atoms with van der Waals surface area (Å²) in [7, 11) is 0. The first-order chi connectivity index (χ1) is 7.68. The lowest BCUT2D eigenvalue weighted by atomic mass is 10.3. The van der Waals surface area contributed by atoms with Crippen LogP contribution in [0.4, 0.5) is 0 Å². The molecule has 0 aliphatic rings. The predicted molar refractivity (Wildman–Crippen MR) is 59.6 cm³/mol. The van der Waals surface area contributed by atoms with E-state index >= 15 is 0 Å². The summed E-state index contributed by atoms with van der Waals surface area (Å²) < 4.78 is 0. The molecule has 2 aromatic heterocycles. The van der Waals surface area contributed by atoms with Gasteiger partial charge in [0.15, 0.2) is 5.65 Å². The number of fused-ring (bicyclic) bond motifs is 1. The summed E-state index contributed by atoms with van der Waals surface area (Å²) in [5.41, 5.74) is 11.9. The number of rotatable bonds is 4. The summed E-state index contributed by atoms with van der Waals surface area (Å²) in [5.74, 6) is -0.150.